The summed E-state index contributed by atoms with van der Waals surface area (Å²) in [5.74, 6) is 0.212. The second-order valence-corrected chi connectivity index (χ2v) is 12.6. The molecule has 1 saturated carbocycles. The van der Waals surface area contributed by atoms with Gasteiger partial charge in [0.2, 0.25) is 11.8 Å². The van der Waals surface area contributed by atoms with Gasteiger partial charge in [-0.1, -0.05) is 55.7 Å². The average Bonchev–Trinajstić information content (AvgIpc) is 3.34. The number of esters is 1. The van der Waals surface area contributed by atoms with Crippen molar-refractivity contribution in [3.8, 4) is 0 Å². The van der Waals surface area contributed by atoms with Crippen LogP contribution in [0.25, 0.3) is 0 Å². The van der Waals surface area contributed by atoms with E-state index in [-0.39, 0.29) is 36.1 Å². The minimum atomic E-state index is -0.373. The van der Waals surface area contributed by atoms with Crippen LogP contribution in [0.3, 0.4) is 0 Å². The smallest absolute Gasteiger partial charge is 0.341 e. The lowest BCUT2D eigenvalue weighted by molar-refractivity contribution is -0.120. The zero-order valence-corrected chi connectivity index (χ0v) is 24.5. The van der Waals surface area contributed by atoms with Gasteiger partial charge in [0.1, 0.15) is 5.00 Å². The predicted octanol–water partition coefficient (Wildman–Crippen LogP) is 7.45. The summed E-state index contributed by atoms with van der Waals surface area (Å²) in [7, 11) is 0. The third-order valence-corrected chi connectivity index (χ3v) is 9.88. The van der Waals surface area contributed by atoms with Crippen molar-refractivity contribution in [1.82, 2.24) is 0 Å². The van der Waals surface area contributed by atoms with Crippen molar-refractivity contribution in [3.63, 3.8) is 0 Å². The van der Waals surface area contributed by atoms with E-state index >= 15 is 0 Å². The molecule has 0 bridgehead atoms. The van der Waals surface area contributed by atoms with Crippen molar-refractivity contribution in [3.05, 3.63) is 76.2 Å². The molecule has 2 N–H and O–H groups in total. The number of fused-ring (bicyclic) bond motifs is 1. The lowest BCUT2D eigenvalue weighted by Gasteiger charge is -2.23. The van der Waals surface area contributed by atoms with Crippen LogP contribution < -0.4 is 10.6 Å². The van der Waals surface area contributed by atoms with Gasteiger partial charge in [-0.25, -0.2) is 4.79 Å². The number of benzene rings is 2. The second-order valence-electron chi connectivity index (χ2n) is 10.5. The van der Waals surface area contributed by atoms with Crippen molar-refractivity contribution in [2.45, 2.75) is 69.1 Å². The Hall–Kier alpha value is -3.10. The molecule has 1 unspecified atom stereocenters. The monoisotopic (exact) mass is 576 g/mol. The Labute approximate surface area is 244 Å². The van der Waals surface area contributed by atoms with Gasteiger partial charge in [-0.15, -0.1) is 23.1 Å². The summed E-state index contributed by atoms with van der Waals surface area (Å²) in [4.78, 5) is 40.7. The Morgan fingerprint density at radius 3 is 2.55 bits per heavy atom. The largest absolute Gasteiger partial charge is 0.462 e. The molecule has 2 amide bonds. The van der Waals surface area contributed by atoms with Gasteiger partial charge in [0.25, 0.3) is 0 Å². The van der Waals surface area contributed by atoms with E-state index in [2.05, 4.69) is 34.9 Å². The highest BCUT2D eigenvalue weighted by atomic mass is 32.2. The minimum Gasteiger partial charge on any atom is -0.462 e. The molecule has 2 aliphatic carbocycles. The van der Waals surface area contributed by atoms with Crippen molar-refractivity contribution in [2.75, 3.05) is 23.0 Å². The van der Waals surface area contributed by atoms with E-state index < -0.39 is 0 Å². The molecular weight excluding hydrogens is 540 g/mol. The van der Waals surface area contributed by atoms with Gasteiger partial charge in [0, 0.05) is 21.4 Å². The molecule has 0 aliphatic heterocycles. The fourth-order valence-electron chi connectivity index (χ4n) is 5.69. The Morgan fingerprint density at radius 1 is 0.975 bits per heavy atom. The van der Waals surface area contributed by atoms with Gasteiger partial charge in [-0.2, -0.15) is 0 Å². The number of amides is 2. The molecule has 1 fully saturated rings. The van der Waals surface area contributed by atoms with Crippen LogP contribution in [0.5, 0.6) is 0 Å². The minimum absolute atomic E-state index is 0.0854. The third-order valence-electron chi connectivity index (χ3n) is 7.72. The Kier molecular flexibility index (Phi) is 9.60. The standard InChI is InChI=1S/C32H36N2O4S2/c1-2-38-32(37)29-26-17-16-23(21-10-5-3-6-11-21)18-27(26)40-31(29)34-28(35)20-39-25-15-9-14-24(19-25)33-30(36)22-12-7-4-8-13-22/h3,5-6,9-11,14-15,19,22-23H,2,4,7-8,12-13,16-18,20H2,1H3,(H,33,36)(H,34,35). The number of anilines is 2. The number of nitrogens with one attached hydrogen (secondary N) is 2. The highest BCUT2D eigenvalue weighted by Crippen LogP contribution is 2.43. The van der Waals surface area contributed by atoms with Crippen molar-refractivity contribution in [2.24, 2.45) is 5.92 Å². The van der Waals surface area contributed by atoms with E-state index in [0.29, 0.717) is 16.5 Å². The average molecular weight is 577 g/mol. The number of hydrogen-bond acceptors (Lipinski definition) is 6. The number of carbonyl (C=O) groups excluding carboxylic acids is 3. The van der Waals surface area contributed by atoms with Crippen molar-refractivity contribution >= 4 is 51.6 Å². The molecule has 5 rings (SSSR count). The highest BCUT2D eigenvalue weighted by Gasteiger charge is 2.31. The first-order chi connectivity index (χ1) is 19.5. The van der Waals surface area contributed by atoms with Crippen molar-refractivity contribution < 1.29 is 19.1 Å². The number of ether oxygens (including phenoxy) is 1. The summed E-state index contributed by atoms with van der Waals surface area (Å²) in [5, 5.41) is 6.64. The van der Waals surface area contributed by atoms with Crippen LogP contribution in [0.15, 0.2) is 59.5 Å². The Morgan fingerprint density at radius 2 is 1.77 bits per heavy atom. The van der Waals surface area contributed by atoms with Gasteiger partial charge in [-0.05, 0) is 74.3 Å². The summed E-state index contributed by atoms with van der Waals surface area (Å²) < 4.78 is 5.38. The number of thiophene rings is 1. The zero-order chi connectivity index (χ0) is 27.9. The van der Waals surface area contributed by atoms with Crippen LogP contribution in [-0.4, -0.2) is 30.1 Å². The number of hydrogen-bond donors (Lipinski definition) is 2. The Bertz CT molecular complexity index is 1350. The van der Waals surface area contributed by atoms with Gasteiger partial charge in [0.15, 0.2) is 0 Å². The van der Waals surface area contributed by atoms with Crippen LogP contribution in [-0.2, 0) is 27.2 Å². The molecule has 2 aliphatic rings. The highest BCUT2D eigenvalue weighted by molar-refractivity contribution is 8.00. The number of carbonyl (C=O) groups is 3. The molecule has 210 valence electrons. The molecule has 8 heteroatoms. The van der Waals surface area contributed by atoms with Gasteiger partial charge in [-0.3, -0.25) is 9.59 Å². The number of thioether (sulfide) groups is 1. The van der Waals surface area contributed by atoms with Crippen LogP contribution in [0.4, 0.5) is 10.7 Å². The first-order valence-electron chi connectivity index (χ1n) is 14.2. The third kappa shape index (κ3) is 6.96. The fraction of sp³-hybridized carbons (Fsp3) is 0.406. The maximum absolute atomic E-state index is 13.0. The van der Waals surface area contributed by atoms with Crippen LogP contribution >= 0.6 is 23.1 Å². The lowest BCUT2D eigenvalue weighted by Crippen LogP contribution is -2.24. The SMILES string of the molecule is CCOC(=O)c1c(NC(=O)CSc2cccc(NC(=O)C3CCCCC3)c2)sc2c1CCC(c1ccccc1)C2. The van der Waals surface area contributed by atoms with E-state index in [0.717, 1.165) is 66.0 Å². The van der Waals surface area contributed by atoms with Gasteiger partial charge >= 0.3 is 5.97 Å². The van der Waals surface area contributed by atoms with E-state index in [1.807, 2.05) is 30.3 Å². The molecular formula is C32H36N2O4S2. The summed E-state index contributed by atoms with van der Waals surface area (Å²) in [6, 6.07) is 18.1. The molecule has 1 atom stereocenters. The topological polar surface area (TPSA) is 84.5 Å². The predicted molar refractivity (Wildman–Crippen MR) is 162 cm³/mol. The quantitative estimate of drug-likeness (QED) is 0.204. The number of rotatable bonds is 9. The maximum Gasteiger partial charge on any atom is 0.341 e. The molecule has 0 spiro atoms. The molecule has 0 saturated heterocycles. The maximum atomic E-state index is 13.0. The fourth-order valence-corrected chi connectivity index (χ4v) is 7.77. The van der Waals surface area contributed by atoms with Crippen LogP contribution in [0.1, 0.15) is 77.7 Å². The van der Waals surface area contributed by atoms with E-state index in [4.69, 9.17) is 4.74 Å². The molecule has 0 radical (unpaired) electrons. The first-order valence-corrected chi connectivity index (χ1v) is 16.0. The molecule has 3 aromatic rings. The molecule has 2 aromatic carbocycles. The van der Waals surface area contributed by atoms with Crippen LogP contribution in [0.2, 0.25) is 0 Å². The molecule has 1 aromatic heterocycles. The molecule has 6 nitrogen and oxygen atoms in total. The zero-order valence-electron chi connectivity index (χ0n) is 22.9. The van der Waals surface area contributed by atoms with E-state index in [9.17, 15) is 14.4 Å². The summed E-state index contributed by atoms with van der Waals surface area (Å²) in [6.07, 6.45) is 7.92. The molecule has 40 heavy (non-hydrogen) atoms. The van der Waals surface area contributed by atoms with Crippen molar-refractivity contribution in [1.29, 1.82) is 0 Å². The van der Waals surface area contributed by atoms with Gasteiger partial charge in [0.05, 0.1) is 17.9 Å². The second kappa shape index (κ2) is 13.5. The Balaban J connectivity index is 1.23. The van der Waals surface area contributed by atoms with E-state index in [1.165, 1.54) is 35.1 Å². The first kappa shape index (κ1) is 28.4. The molecule has 1 heterocycles. The van der Waals surface area contributed by atoms with Gasteiger partial charge < -0.3 is 15.4 Å². The summed E-state index contributed by atoms with van der Waals surface area (Å²) in [5.41, 5.74) is 3.59. The summed E-state index contributed by atoms with van der Waals surface area (Å²) in [6.45, 7) is 2.08. The van der Waals surface area contributed by atoms with E-state index in [1.54, 1.807) is 6.92 Å². The van der Waals surface area contributed by atoms with Crippen LogP contribution in [0, 0.1) is 5.92 Å². The summed E-state index contributed by atoms with van der Waals surface area (Å²) >= 11 is 2.90. The normalized spacial score (nSPS) is 17.1. The lowest BCUT2D eigenvalue weighted by atomic mass is 9.83.